The van der Waals surface area contributed by atoms with Gasteiger partial charge in [-0.05, 0) is 48.9 Å². The van der Waals surface area contributed by atoms with E-state index >= 15 is 0 Å². The van der Waals surface area contributed by atoms with Crippen LogP contribution in [0.15, 0.2) is 79.3 Å². The van der Waals surface area contributed by atoms with Gasteiger partial charge in [0.1, 0.15) is 11.6 Å². The second-order valence-electron chi connectivity index (χ2n) is 7.82. The lowest BCUT2D eigenvalue weighted by Crippen LogP contribution is -2.14. The van der Waals surface area contributed by atoms with Crippen molar-refractivity contribution in [3.63, 3.8) is 0 Å². The number of aryl methyl sites for hydroxylation is 2. The minimum Gasteiger partial charge on any atom is -0.350 e. The first-order valence-electron chi connectivity index (χ1n) is 10.6. The Balaban J connectivity index is 1.26. The molecule has 3 heterocycles. The largest absolute Gasteiger partial charge is 0.350 e. The van der Waals surface area contributed by atoms with Gasteiger partial charge in [-0.25, -0.2) is 14.6 Å². The average Bonchev–Trinajstić information content (AvgIpc) is 3.44. The molecule has 0 bridgehead atoms. The normalized spacial score (nSPS) is 11.0. The number of para-hydroxylation sites is 1. The summed E-state index contributed by atoms with van der Waals surface area (Å²) in [6.45, 7) is 1.84. The third-order valence-electron chi connectivity index (χ3n) is 5.34. The zero-order valence-corrected chi connectivity index (χ0v) is 18.4. The quantitative estimate of drug-likeness (QED) is 0.411. The van der Waals surface area contributed by atoms with Gasteiger partial charge in [-0.2, -0.15) is 5.10 Å². The summed E-state index contributed by atoms with van der Waals surface area (Å²) in [4.78, 5) is 21.5. The number of carbonyl (C=O) groups excluding carboxylic acids is 1. The molecule has 0 aliphatic carbocycles. The van der Waals surface area contributed by atoms with Crippen LogP contribution in [0.25, 0.3) is 16.7 Å². The van der Waals surface area contributed by atoms with Crippen LogP contribution >= 0.6 is 0 Å². The SMILES string of the molecule is Cc1nc(Nc2ccc(NC(=O)Cc3cn(C)c4ccccc34)cc2)cc(-n2cccn2)n1. The molecule has 0 aliphatic rings. The minimum absolute atomic E-state index is 0.0534. The van der Waals surface area contributed by atoms with Gasteiger partial charge in [0.15, 0.2) is 5.82 Å². The van der Waals surface area contributed by atoms with Crippen LogP contribution in [0.2, 0.25) is 0 Å². The molecule has 1 amide bonds. The van der Waals surface area contributed by atoms with Crippen molar-refractivity contribution in [1.29, 1.82) is 0 Å². The summed E-state index contributed by atoms with van der Waals surface area (Å²) in [5.41, 5.74) is 3.72. The van der Waals surface area contributed by atoms with Gasteiger partial charge in [0.25, 0.3) is 0 Å². The molecule has 3 aromatic heterocycles. The fraction of sp³-hybridized carbons (Fsp3) is 0.120. The summed E-state index contributed by atoms with van der Waals surface area (Å²) in [5, 5.41) is 11.6. The summed E-state index contributed by atoms with van der Waals surface area (Å²) in [6, 6.07) is 19.3. The maximum absolute atomic E-state index is 12.6. The Kier molecular flexibility index (Phi) is 5.32. The Bertz CT molecular complexity index is 1420. The van der Waals surface area contributed by atoms with E-state index in [0.717, 1.165) is 27.8 Å². The molecule has 0 unspecified atom stereocenters. The molecule has 0 saturated carbocycles. The molecule has 2 aromatic carbocycles. The number of benzene rings is 2. The predicted octanol–water partition coefficient (Wildman–Crippen LogP) is 4.39. The highest BCUT2D eigenvalue weighted by Gasteiger charge is 2.11. The fourth-order valence-corrected chi connectivity index (χ4v) is 3.87. The lowest BCUT2D eigenvalue weighted by atomic mass is 10.1. The molecule has 0 saturated heterocycles. The van der Waals surface area contributed by atoms with Crippen LogP contribution in [0.5, 0.6) is 0 Å². The van der Waals surface area contributed by atoms with Gasteiger partial charge in [0.05, 0.1) is 6.42 Å². The van der Waals surface area contributed by atoms with E-state index in [-0.39, 0.29) is 5.91 Å². The first kappa shape index (κ1) is 20.4. The van der Waals surface area contributed by atoms with Gasteiger partial charge in [-0.3, -0.25) is 4.79 Å². The number of hydrogen-bond donors (Lipinski definition) is 2. The van der Waals surface area contributed by atoms with Gasteiger partial charge < -0.3 is 15.2 Å². The number of rotatable bonds is 6. The van der Waals surface area contributed by atoms with Gasteiger partial charge in [0, 0.05) is 54.0 Å². The van der Waals surface area contributed by atoms with E-state index in [2.05, 4.69) is 31.8 Å². The molecule has 8 nitrogen and oxygen atoms in total. The molecule has 0 fully saturated rings. The van der Waals surface area contributed by atoms with E-state index in [9.17, 15) is 4.79 Å². The van der Waals surface area contributed by atoms with E-state index in [1.807, 2.05) is 85.5 Å². The Morgan fingerprint density at radius 1 is 1.00 bits per heavy atom. The maximum atomic E-state index is 12.6. The van der Waals surface area contributed by atoms with Crippen molar-refractivity contribution < 1.29 is 4.79 Å². The van der Waals surface area contributed by atoms with E-state index in [1.54, 1.807) is 10.9 Å². The van der Waals surface area contributed by atoms with Gasteiger partial charge in [-0.1, -0.05) is 18.2 Å². The topological polar surface area (TPSA) is 89.7 Å². The van der Waals surface area contributed by atoms with Crippen LogP contribution in [0.4, 0.5) is 17.2 Å². The second kappa shape index (κ2) is 8.58. The van der Waals surface area contributed by atoms with Crippen LogP contribution in [0, 0.1) is 6.92 Å². The van der Waals surface area contributed by atoms with Crippen molar-refractivity contribution in [2.24, 2.45) is 7.05 Å². The average molecular weight is 438 g/mol. The van der Waals surface area contributed by atoms with E-state index in [4.69, 9.17) is 0 Å². The zero-order valence-electron chi connectivity index (χ0n) is 18.4. The van der Waals surface area contributed by atoms with Crippen molar-refractivity contribution in [3.8, 4) is 5.82 Å². The number of nitrogens with one attached hydrogen (secondary N) is 2. The molecule has 164 valence electrons. The predicted molar refractivity (Wildman–Crippen MR) is 129 cm³/mol. The molecule has 0 atom stereocenters. The highest BCUT2D eigenvalue weighted by atomic mass is 16.1. The highest BCUT2D eigenvalue weighted by molar-refractivity contribution is 5.96. The van der Waals surface area contributed by atoms with Gasteiger partial charge >= 0.3 is 0 Å². The van der Waals surface area contributed by atoms with Crippen LogP contribution in [-0.4, -0.2) is 30.2 Å². The fourth-order valence-electron chi connectivity index (χ4n) is 3.87. The third kappa shape index (κ3) is 4.45. The highest BCUT2D eigenvalue weighted by Crippen LogP contribution is 2.22. The number of nitrogens with zero attached hydrogens (tertiary/aromatic N) is 5. The van der Waals surface area contributed by atoms with Crippen molar-refractivity contribution in [2.75, 3.05) is 10.6 Å². The van der Waals surface area contributed by atoms with Crippen LogP contribution < -0.4 is 10.6 Å². The van der Waals surface area contributed by atoms with E-state index in [1.165, 1.54) is 0 Å². The third-order valence-corrected chi connectivity index (χ3v) is 5.34. The Morgan fingerprint density at radius 2 is 1.79 bits per heavy atom. The Hall–Kier alpha value is -4.46. The summed E-state index contributed by atoms with van der Waals surface area (Å²) in [6.07, 6.45) is 5.87. The van der Waals surface area contributed by atoms with Crippen molar-refractivity contribution in [1.82, 2.24) is 24.3 Å². The first-order chi connectivity index (χ1) is 16.0. The number of hydrogen-bond acceptors (Lipinski definition) is 5. The Labute approximate surface area is 190 Å². The summed E-state index contributed by atoms with van der Waals surface area (Å²) in [7, 11) is 1.99. The monoisotopic (exact) mass is 437 g/mol. The number of anilines is 3. The standard InChI is InChI=1S/C25H23N7O/c1-17-27-23(15-24(28-17)32-13-5-12-26-32)29-19-8-10-20(11-9-19)30-25(33)14-18-16-31(2)22-7-4-3-6-21(18)22/h3-13,15-16H,14H2,1-2H3,(H,30,33)(H,27,28,29). The molecule has 0 aliphatic heterocycles. The number of carbonyl (C=O) groups is 1. The zero-order chi connectivity index (χ0) is 22.8. The van der Waals surface area contributed by atoms with Crippen molar-refractivity contribution in [2.45, 2.75) is 13.3 Å². The second-order valence-corrected chi connectivity index (χ2v) is 7.82. The summed E-state index contributed by atoms with van der Waals surface area (Å²) >= 11 is 0. The molecular formula is C25H23N7O. The first-order valence-corrected chi connectivity index (χ1v) is 10.6. The van der Waals surface area contributed by atoms with Crippen molar-refractivity contribution in [3.05, 3.63) is 90.6 Å². The lowest BCUT2D eigenvalue weighted by Gasteiger charge is -2.10. The van der Waals surface area contributed by atoms with Gasteiger partial charge in [-0.15, -0.1) is 0 Å². The van der Waals surface area contributed by atoms with Gasteiger partial charge in [0.2, 0.25) is 5.91 Å². The number of fused-ring (bicyclic) bond motifs is 1. The Morgan fingerprint density at radius 3 is 2.58 bits per heavy atom. The minimum atomic E-state index is -0.0534. The smallest absolute Gasteiger partial charge is 0.228 e. The molecule has 5 aromatic rings. The van der Waals surface area contributed by atoms with E-state index < -0.39 is 0 Å². The van der Waals surface area contributed by atoms with Crippen LogP contribution in [0.3, 0.4) is 0 Å². The van der Waals surface area contributed by atoms with Crippen LogP contribution in [0.1, 0.15) is 11.4 Å². The molecule has 0 spiro atoms. The van der Waals surface area contributed by atoms with E-state index in [0.29, 0.717) is 23.9 Å². The number of aromatic nitrogens is 5. The molecule has 5 rings (SSSR count). The molecule has 2 N–H and O–H groups in total. The summed E-state index contributed by atoms with van der Waals surface area (Å²) < 4.78 is 3.74. The molecule has 8 heteroatoms. The molecule has 0 radical (unpaired) electrons. The molecule has 33 heavy (non-hydrogen) atoms. The summed E-state index contributed by atoms with van der Waals surface area (Å²) in [5.74, 6) is 1.94. The lowest BCUT2D eigenvalue weighted by molar-refractivity contribution is -0.115. The van der Waals surface area contributed by atoms with Crippen LogP contribution in [-0.2, 0) is 18.3 Å². The van der Waals surface area contributed by atoms with Crippen molar-refractivity contribution >= 4 is 34.0 Å². The molecular weight excluding hydrogens is 414 g/mol. The number of amides is 1. The maximum Gasteiger partial charge on any atom is 0.228 e.